The largest absolute Gasteiger partial charge is 0.354 e. The molecule has 1 aliphatic heterocycles. The average molecular weight is 456 g/mol. The van der Waals surface area contributed by atoms with Crippen molar-refractivity contribution in [3.05, 3.63) is 29.3 Å². The molecular weight excluding hydrogens is 422 g/mol. The molecule has 0 bridgehead atoms. The number of amides is 1. The molecule has 0 aromatic heterocycles. The summed E-state index contributed by atoms with van der Waals surface area (Å²) in [5.41, 5.74) is 0.0325. The van der Waals surface area contributed by atoms with Crippen molar-refractivity contribution >= 4 is 27.5 Å². The number of halogens is 1. The first-order chi connectivity index (χ1) is 14.2. The molecule has 2 fully saturated rings. The fourth-order valence-corrected chi connectivity index (χ4v) is 6.27. The van der Waals surface area contributed by atoms with E-state index >= 15 is 0 Å². The zero-order valence-electron chi connectivity index (χ0n) is 18.1. The van der Waals surface area contributed by atoms with Crippen molar-refractivity contribution in [3.8, 4) is 0 Å². The molecule has 0 unspecified atom stereocenters. The van der Waals surface area contributed by atoms with Gasteiger partial charge in [0.05, 0.1) is 4.90 Å². The van der Waals surface area contributed by atoms with E-state index in [9.17, 15) is 13.2 Å². The summed E-state index contributed by atoms with van der Waals surface area (Å²) in [6.07, 6.45) is 8.26. The summed E-state index contributed by atoms with van der Waals surface area (Å²) < 4.78 is 27.1. The van der Waals surface area contributed by atoms with Crippen LogP contribution in [0.15, 0.2) is 29.2 Å². The first kappa shape index (κ1) is 23.5. The summed E-state index contributed by atoms with van der Waals surface area (Å²) in [7, 11) is 0.671. The number of carbonyl (C=O) groups excluding carboxylic acids is 1. The van der Waals surface area contributed by atoms with Gasteiger partial charge in [-0.25, -0.2) is 8.42 Å². The Bertz CT molecular complexity index is 811. The quantitative estimate of drug-likeness (QED) is 0.666. The fourth-order valence-electron chi connectivity index (χ4n) is 4.68. The van der Waals surface area contributed by atoms with Gasteiger partial charge in [-0.15, -0.1) is 0 Å². The molecule has 1 heterocycles. The molecule has 168 valence electrons. The SMILES string of the molecule is CN(C)C1(CNC(=O)C2CCN(S(=O)(=O)c3ccc(Cl)cc3)CC2)CCCCCC1. The fraction of sp³-hybridized carbons (Fsp3) is 0.682. The van der Waals surface area contributed by atoms with Crippen LogP contribution in [0.5, 0.6) is 0 Å². The summed E-state index contributed by atoms with van der Waals surface area (Å²) in [4.78, 5) is 15.4. The average Bonchev–Trinajstić information content (AvgIpc) is 2.99. The minimum Gasteiger partial charge on any atom is -0.354 e. The van der Waals surface area contributed by atoms with Crippen LogP contribution in [0.1, 0.15) is 51.4 Å². The topological polar surface area (TPSA) is 69.7 Å². The van der Waals surface area contributed by atoms with Gasteiger partial charge in [-0.1, -0.05) is 37.3 Å². The molecule has 6 nitrogen and oxygen atoms in total. The van der Waals surface area contributed by atoms with E-state index in [0.717, 1.165) is 12.8 Å². The Balaban J connectivity index is 1.55. The second-order valence-corrected chi connectivity index (χ2v) is 11.3. The van der Waals surface area contributed by atoms with Crippen LogP contribution in [0.25, 0.3) is 0 Å². The van der Waals surface area contributed by atoms with Gasteiger partial charge in [-0.2, -0.15) is 4.31 Å². The van der Waals surface area contributed by atoms with E-state index in [-0.39, 0.29) is 22.3 Å². The van der Waals surface area contributed by atoms with Crippen molar-refractivity contribution in [1.29, 1.82) is 0 Å². The summed E-state index contributed by atoms with van der Waals surface area (Å²) in [6.45, 7) is 1.39. The van der Waals surface area contributed by atoms with Crippen molar-refractivity contribution in [3.63, 3.8) is 0 Å². The molecule has 1 aliphatic carbocycles. The summed E-state index contributed by atoms with van der Waals surface area (Å²) >= 11 is 5.87. The second-order valence-electron chi connectivity index (χ2n) is 8.88. The third kappa shape index (κ3) is 5.36. The van der Waals surface area contributed by atoms with Crippen LogP contribution in [0.3, 0.4) is 0 Å². The van der Waals surface area contributed by atoms with Crippen LogP contribution in [-0.2, 0) is 14.8 Å². The Morgan fingerprint density at radius 2 is 1.67 bits per heavy atom. The Morgan fingerprint density at radius 1 is 1.10 bits per heavy atom. The molecular formula is C22H34ClN3O3S. The van der Waals surface area contributed by atoms with Gasteiger partial charge in [0, 0.05) is 36.1 Å². The van der Waals surface area contributed by atoms with Crippen LogP contribution in [0.4, 0.5) is 0 Å². The number of nitrogens with zero attached hydrogens (tertiary/aromatic N) is 2. The van der Waals surface area contributed by atoms with Crippen LogP contribution in [0, 0.1) is 5.92 Å². The minimum absolute atomic E-state index is 0.0325. The highest BCUT2D eigenvalue weighted by Gasteiger charge is 2.36. The highest BCUT2D eigenvalue weighted by Crippen LogP contribution is 2.31. The van der Waals surface area contributed by atoms with Crippen LogP contribution in [0.2, 0.25) is 5.02 Å². The predicted octanol–water partition coefficient (Wildman–Crippen LogP) is 3.51. The van der Waals surface area contributed by atoms with E-state index in [1.54, 1.807) is 12.1 Å². The van der Waals surface area contributed by atoms with Crippen molar-refractivity contribution in [2.45, 2.75) is 61.8 Å². The van der Waals surface area contributed by atoms with Crippen molar-refractivity contribution in [2.24, 2.45) is 5.92 Å². The molecule has 2 aliphatic rings. The number of hydrogen-bond donors (Lipinski definition) is 1. The van der Waals surface area contributed by atoms with Gasteiger partial charge in [0.1, 0.15) is 0 Å². The molecule has 0 radical (unpaired) electrons. The lowest BCUT2D eigenvalue weighted by molar-refractivity contribution is -0.126. The van der Waals surface area contributed by atoms with Crippen molar-refractivity contribution < 1.29 is 13.2 Å². The van der Waals surface area contributed by atoms with Gasteiger partial charge < -0.3 is 10.2 Å². The number of piperidine rings is 1. The summed E-state index contributed by atoms with van der Waals surface area (Å²) in [5.74, 6) is -0.0735. The summed E-state index contributed by atoms with van der Waals surface area (Å²) in [5, 5.41) is 3.71. The molecule has 1 N–H and O–H groups in total. The molecule has 0 spiro atoms. The Hall–Kier alpha value is -1.15. The highest BCUT2D eigenvalue weighted by atomic mass is 35.5. The van der Waals surface area contributed by atoms with Gasteiger partial charge in [-0.3, -0.25) is 4.79 Å². The molecule has 1 saturated heterocycles. The zero-order chi connectivity index (χ0) is 21.8. The normalized spacial score (nSPS) is 21.3. The smallest absolute Gasteiger partial charge is 0.243 e. The molecule has 1 aromatic carbocycles. The number of nitrogens with one attached hydrogen (secondary N) is 1. The van der Waals surface area contributed by atoms with Gasteiger partial charge in [0.15, 0.2) is 0 Å². The van der Waals surface area contributed by atoms with Crippen molar-refractivity contribution in [1.82, 2.24) is 14.5 Å². The number of sulfonamides is 1. The third-order valence-electron chi connectivity index (χ3n) is 6.85. The maximum atomic E-state index is 12.8. The highest BCUT2D eigenvalue weighted by molar-refractivity contribution is 7.89. The molecule has 0 atom stereocenters. The molecule has 1 aromatic rings. The number of carbonyl (C=O) groups is 1. The molecule has 1 saturated carbocycles. The van der Waals surface area contributed by atoms with E-state index in [2.05, 4.69) is 24.3 Å². The Kier molecular flexibility index (Phi) is 7.82. The molecule has 8 heteroatoms. The molecule has 3 rings (SSSR count). The zero-order valence-corrected chi connectivity index (χ0v) is 19.6. The van der Waals surface area contributed by atoms with Gasteiger partial charge >= 0.3 is 0 Å². The number of rotatable bonds is 6. The maximum absolute atomic E-state index is 12.8. The minimum atomic E-state index is -3.55. The van der Waals surface area contributed by atoms with Gasteiger partial charge in [-0.05, 0) is 64.0 Å². The second kappa shape index (κ2) is 9.98. The predicted molar refractivity (Wildman–Crippen MR) is 120 cm³/mol. The number of benzene rings is 1. The monoisotopic (exact) mass is 455 g/mol. The Morgan fingerprint density at radius 3 is 2.20 bits per heavy atom. The Labute approximate surface area is 186 Å². The van der Waals surface area contributed by atoms with E-state index in [1.165, 1.54) is 42.1 Å². The molecule has 1 amide bonds. The third-order valence-corrected chi connectivity index (χ3v) is 9.02. The van der Waals surface area contributed by atoms with Crippen LogP contribution in [-0.4, -0.2) is 62.8 Å². The number of hydrogen-bond acceptors (Lipinski definition) is 4. The van der Waals surface area contributed by atoms with Gasteiger partial charge in [0.2, 0.25) is 15.9 Å². The standard InChI is InChI=1S/C22H34ClN3O3S/c1-25(2)22(13-5-3-4-6-14-22)17-24-21(27)18-11-15-26(16-12-18)30(28,29)20-9-7-19(23)8-10-20/h7-10,18H,3-6,11-17H2,1-2H3,(H,24,27). The lowest BCUT2D eigenvalue weighted by Gasteiger charge is -2.40. The maximum Gasteiger partial charge on any atom is 0.243 e. The lowest BCUT2D eigenvalue weighted by Crippen LogP contribution is -2.53. The molecule has 30 heavy (non-hydrogen) atoms. The van der Waals surface area contributed by atoms with Gasteiger partial charge in [0.25, 0.3) is 0 Å². The van der Waals surface area contributed by atoms with Crippen LogP contribution >= 0.6 is 11.6 Å². The first-order valence-corrected chi connectivity index (χ1v) is 12.8. The summed E-state index contributed by atoms with van der Waals surface area (Å²) in [6, 6.07) is 6.24. The number of likely N-dealkylation sites (N-methyl/N-ethyl adjacent to an activating group) is 1. The van der Waals surface area contributed by atoms with E-state index in [0.29, 0.717) is 37.5 Å². The van der Waals surface area contributed by atoms with E-state index in [1.807, 2.05) is 0 Å². The van der Waals surface area contributed by atoms with E-state index < -0.39 is 10.0 Å². The van der Waals surface area contributed by atoms with E-state index in [4.69, 9.17) is 11.6 Å². The first-order valence-electron chi connectivity index (χ1n) is 11.0. The lowest BCUT2D eigenvalue weighted by atomic mass is 9.88. The van der Waals surface area contributed by atoms with Crippen molar-refractivity contribution in [2.75, 3.05) is 33.7 Å². The van der Waals surface area contributed by atoms with Crippen LogP contribution < -0.4 is 5.32 Å².